The van der Waals surface area contributed by atoms with E-state index < -0.39 is 13.6 Å². The molecule has 1 heterocycles. The molecule has 1 unspecified atom stereocenters. The number of nitrogens with one attached hydrogen (secondary N) is 2. The van der Waals surface area contributed by atoms with Gasteiger partial charge in [0.15, 0.2) is 0 Å². The first-order chi connectivity index (χ1) is 5.06. The van der Waals surface area contributed by atoms with Crippen molar-refractivity contribution >= 4 is 13.6 Å². The molecule has 0 aromatic carbocycles. The molecule has 11 heavy (non-hydrogen) atoms. The fraction of sp³-hybridized carbons (Fsp3) is 0.400. The van der Waals surface area contributed by atoms with E-state index in [1.165, 1.54) is 13.2 Å². The first-order valence-electron chi connectivity index (χ1n) is 3.00. The van der Waals surface area contributed by atoms with Gasteiger partial charge in [0.1, 0.15) is 0 Å². The first-order valence-corrected chi connectivity index (χ1v) is 4.63. The number of carbonyl (C=O) groups is 1. The van der Waals surface area contributed by atoms with Gasteiger partial charge in [0.2, 0.25) is 0 Å². The summed E-state index contributed by atoms with van der Waals surface area (Å²) in [4.78, 5) is 10.8. The van der Waals surface area contributed by atoms with Gasteiger partial charge >= 0.3 is 7.67 Å². The van der Waals surface area contributed by atoms with Crippen LogP contribution < -0.4 is 10.2 Å². The van der Waals surface area contributed by atoms with Crippen LogP contribution in [-0.2, 0) is 13.9 Å². The summed E-state index contributed by atoms with van der Waals surface area (Å²) in [7, 11) is -1.85. The van der Waals surface area contributed by atoms with Crippen molar-refractivity contribution in [2.45, 2.75) is 6.92 Å². The van der Waals surface area contributed by atoms with Crippen molar-refractivity contribution < 1.29 is 13.9 Å². The van der Waals surface area contributed by atoms with Gasteiger partial charge < -0.3 is 9.61 Å². The molecule has 0 fully saturated rings. The first kappa shape index (κ1) is 8.30. The second kappa shape index (κ2) is 2.68. The van der Waals surface area contributed by atoms with Crippen molar-refractivity contribution in [3.05, 3.63) is 11.8 Å². The van der Waals surface area contributed by atoms with Crippen LogP contribution in [0.2, 0.25) is 0 Å². The molecule has 1 aliphatic rings. The average Bonchev–Trinajstić information content (AvgIpc) is 1.84. The third-order valence-electron chi connectivity index (χ3n) is 1.19. The van der Waals surface area contributed by atoms with E-state index in [-0.39, 0.29) is 0 Å². The summed E-state index contributed by atoms with van der Waals surface area (Å²) in [6, 6.07) is 0. The van der Waals surface area contributed by atoms with E-state index in [9.17, 15) is 9.36 Å². The van der Waals surface area contributed by atoms with Crippen LogP contribution in [0.15, 0.2) is 11.8 Å². The summed E-state index contributed by atoms with van der Waals surface area (Å²) < 4.78 is 15.9. The van der Waals surface area contributed by atoms with Crippen molar-refractivity contribution in [1.82, 2.24) is 10.2 Å². The number of rotatable bonds is 1. The molecule has 1 rings (SSSR count). The predicted octanol–water partition coefficient (Wildman–Crippen LogP) is 0.364. The molecule has 0 aliphatic carbocycles. The van der Waals surface area contributed by atoms with Crippen LogP contribution >= 0.6 is 7.67 Å². The molecule has 2 N–H and O–H groups in total. The fourth-order valence-corrected chi connectivity index (χ4v) is 1.88. The van der Waals surface area contributed by atoms with E-state index in [0.717, 1.165) is 0 Å². The summed E-state index contributed by atoms with van der Waals surface area (Å²) in [6.45, 7) is 1.64. The molecule has 0 saturated heterocycles. The smallest absolute Gasteiger partial charge is 0.302 e. The maximum absolute atomic E-state index is 11.3. The van der Waals surface area contributed by atoms with E-state index in [1.807, 2.05) is 0 Å². The molecule has 0 saturated carbocycles. The lowest BCUT2D eigenvalue weighted by atomic mass is 10.4. The second-order valence-corrected chi connectivity index (χ2v) is 4.06. The van der Waals surface area contributed by atoms with E-state index in [4.69, 9.17) is 0 Å². The average molecular weight is 176 g/mol. The highest BCUT2D eigenvalue weighted by Crippen LogP contribution is 2.39. The van der Waals surface area contributed by atoms with Crippen LogP contribution in [-0.4, -0.2) is 13.0 Å². The highest BCUT2D eigenvalue weighted by molar-refractivity contribution is 7.55. The van der Waals surface area contributed by atoms with E-state index in [0.29, 0.717) is 5.70 Å². The van der Waals surface area contributed by atoms with Gasteiger partial charge in [-0.2, -0.15) is 0 Å². The van der Waals surface area contributed by atoms with Crippen molar-refractivity contribution in [2.24, 2.45) is 0 Å². The SMILES string of the molecule is COP1(=O)NC(=O)C=C(C)N1. The van der Waals surface area contributed by atoms with Gasteiger partial charge in [0, 0.05) is 18.9 Å². The summed E-state index contributed by atoms with van der Waals surface area (Å²) in [5.74, 6) is -0.397. The van der Waals surface area contributed by atoms with Gasteiger partial charge in [-0.15, -0.1) is 0 Å². The molecule has 0 aromatic heterocycles. The van der Waals surface area contributed by atoms with E-state index >= 15 is 0 Å². The zero-order chi connectivity index (χ0) is 8.48. The fourth-order valence-electron chi connectivity index (χ4n) is 0.758. The molecular formula is C5H9N2O3P. The molecule has 0 bridgehead atoms. The summed E-state index contributed by atoms with van der Waals surface area (Å²) in [6.07, 6.45) is 1.31. The number of amides is 1. The Morgan fingerprint density at radius 1 is 1.55 bits per heavy atom. The predicted molar refractivity (Wildman–Crippen MR) is 39.7 cm³/mol. The van der Waals surface area contributed by atoms with Crippen LogP contribution in [0.1, 0.15) is 6.92 Å². The minimum absolute atomic E-state index is 0.397. The zero-order valence-corrected chi connectivity index (χ0v) is 7.14. The number of allylic oxidation sites excluding steroid dienone is 1. The Balaban J connectivity index is 2.88. The Morgan fingerprint density at radius 3 is 2.64 bits per heavy atom. The maximum Gasteiger partial charge on any atom is 0.393 e. The van der Waals surface area contributed by atoms with Crippen molar-refractivity contribution in [1.29, 1.82) is 0 Å². The molecule has 1 aliphatic heterocycles. The zero-order valence-electron chi connectivity index (χ0n) is 6.25. The highest BCUT2D eigenvalue weighted by Gasteiger charge is 2.27. The lowest BCUT2D eigenvalue weighted by Crippen LogP contribution is -2.31. The number of hydrogen-bond donors (Lipinski definition) is 2. The van der Waals surface area contributed by atoms with E-state index in [2.05, 4.69) is 14.7 Å². The normalized spacial score (nSPS) is 30.4. The molecule has 0 spiro atoms. The van der Waals surface area contributed by atoms with Crippen LogP contribution in [0.5, 0.6) is 0 Å². The molecule has 5 nitrogen and oxygen atoms in total. The minimum atomic E-state index is -3.12. The van der Waals surface area contributed by atoms with Gasteiger partial charge in [-0.3, -0.25) is 9.88 Å². The number of hydrogen-bond acceptors (Lipinski definition) is 3. The second-order valence-electron chi connectivity index (χ2n) is 2.15. The standard InChI is InChI=1S/C5H9N2O3P/c1-4-3-5(8)7-11(9,6-4)10-2/h3H,1-2H3,(H2,6,7,8,9). The molecule has 6 heteroatoms. The molecule has 62 valence electrons. The Bertz CT molecular complexity index is 260. The molecule has 0 aromatic rings. The van der Waals surface area contributed by atoms with Crippen LogP contribution in [0, 0.1) is 0 Å². The molecule has 0 radical (unpaired) electrons. The Labute approximate surface area is 64.4 Å². The van der Waals surface area contributed by atoms with Gasteiger partial charge in [0.25, 0.3) is 5.91 Å². The lowest BCUT2D eigenvalue weighted by Gasteiger charge is -2.22. The van der Waals surface area contributed by atoms with Crippen molar-refractivity contribution in [2.75, 3.05) is 7.11 Å². The van der Waals surface area contributed by atoms with Crippen molar-refractivity contribution in [3.8, 4) is 0 Å². The Morgan fingerprint density at radius 2 is 2.18 bits per heavy atom. The largest absolute Gasteiger partial charge is 0.393 e. The maximum atomic E-state index is 11.3. The van der Waals surface area contributed by atoms with Gasteiger partial charge in [0.05, 0.1) is 0 Å². The van der Waals surface area contributed by atoms with Gasteiger partial charge in [-0.25, -0.2) is 4.57 Å². The highest BCUT2D eigenvalue weighted by atomic mass is 31.2. The topological polar surface area (TPSA) is 67.4 Å². The quantitative estimate of drug-likeness (QED) is 0.566. The minimum Gasteiger partial charge on any atom is -0.302 e. The Hall–Kier alpha value is -0.800. The van der Waals surface area contributed by atoms with Gasteiger partial charge in [-0.05, 0) is 6.92 Å². The third kappa shape index (κ3) is 1.82. The summed E-state index contributed by atoms with van der Waals surface area (Å²) in [5, 5.41) is 4.72. The molecule has 1 atom stereocenters. The lowest BCUT2D eigenvalue weighted by molar-refractivity contribution is -0.115. The Kier molecular flexibility index (Phi) is 2.02. The van der Waals surface area contributed by atoms with Crippen LogP contribution in [0.4, 0.5) is 0 Å². The molecular weight excluding hydrogens is 167 g/mol. The summed E-state index contributed by atoms with van der Waals surface area (Å²) in [5.41, 5.74) is 0.541. The van der Waals surface area contributed by atoms with Gasteiger partial charge in [-0.1, -0.05) is 0 Å². The third-order valence-corrected chi connectivity index (χ3v) is 2.86. The van der Waals surface area contributed by atoms with Crippen LogP contribution in [0.25, 0.3) is 0 Å². The summed E-state index contributed by atoms with van der Waals surface area (Å²) >= 11 is 0. The number of carbonyl (C=O) groups excluding carboxylic acids is 1. The van der Waals surface area contributed by atoms with E-state index in [1.54, 1.807) is 6.92 Å². The monoisotopic (exact) mass is 176 g/mol. The van der Waals surface area contributed by atoms with Crippen molar-refractivity contribution in [3.63, 3.8) is 0 Å². The molecule has 1 amide bonds. The van der Waals surface area contributed by atoms with Crippen LogP contribution in [0.3, 0.4) is 0 Å².